The molecule has 2 heterocycles. The van der Waals surface area contributed by atoms with Crippen molar-refractivity contribution in [2.75, 3.05) is 42.9 Å². The molecule has 1 saturated heterocycles. The summed E-state index contributed by atoms with van der Waals surface area (Å²) >= 11 is 5.97. The van der Waals surface area contributed by atoms with Gasteiger partial charge < -0.3 is 15.1 Å². The molecule has 0 atom stereocenters. The van der Waals surface area contributed by atoms with Crippen LogP contribution in [0.15, 0.2) is 48.7 Å². The van der Waals surface area contributed by atoms with Gasteiger partial charge in [-0.3, -0.25) is 4.79 Å². The lowest BCUT2D eigenvalue weighted by atomic mass is 10.1. The van der Waals surface area contributed by atoms with E-state index in [4.69, 9.17) is 11.6 Å². The fraction of sp³-hybridized carbons (Fsp3) is 0.333. The van der Waals surface area contributed by atoms with Gasteiger partial charge in [-0.25, -0.2) is 4.68 Å². The van der Waals surface area contributed by atoms with Gasteiger partial charge >= 0.3 is 0 Å². The Kier molecular flexibility index (Phi) is 6.30. The van der Waals surface area contributed by atoms with Crippen LogP contribution in [0.1, 0.15) is 28.5 Å². The lowest BCUT2D eigenvalue weighted by molar-refractivity contribution is 0.102. The summed E-state index contributed by atoms with van der Waals surface area (Å²) in [5.74, 6) is -0.165. The van der Waals surface area contributed by atoms with Gasteiger partial charge in [0.25, 0.3) is 5.91 Å². The van der Waals surface area contributed by atoms with Gasteiger partial charge in [0.15, 0.2) is 0 Å². The van der Waals surface area contributed by atoms with E-state index in [2.05, 4.69) is 40.1 Å². The van der Waals surface area contributed by atoms with Crippen LogP contribution in [0.3, 0.4) is 0 Å². The van der Waals surface area contributed by atoms with Crippen molar-refractivity contribution in [3.8, 4) is 5.69 Å². The number of likely N-dealkylation sites (N-methyl/N-ethyl adjacent to an activating group) is 1. The third-order valence-electron chi connectivity index (χ3n) is 5.94. The summed E-state index contributed by atoms with van der Waals surface area (Å²) in [6.45, 7) is 11.5. The minimum Gasteiger partial charge on any atom is -0.369 e. The molecule has 1 aliphatic rings. The Morgan fingerprint density at radius 1 is 1.06 bits per heavy atom. The van der Waals surface area contributed by atoms with Crippen molar-refractivity contribution in [1.29, 1.82) is 0 Å². The molecule has 31 heavy (non-hydrogen) atoms. The number of carbonyl (C=O) groups is 1. The normalized spacial score (nSPS) is 14.6. The Morgan fingerprint density at radius 3 is 2.42 bits per heavy atom. The van der Waals surface area contributed by atoms with Gasteiger partial charge in [-0.15, -0.1) is 0 Å². The fourth-order valence-electron chi connectivity index (χ4n) is 4.07. The van der Waals surface area contributed by atoms with E-state index in [1.807, 2.05) is 43.3 Å². The van der Waals surface area contributed by atoms with Crippen LogP contribution in [0.4, 0.5) is 11.4 Å². The van der Waals surface area contributed by atoms with Crippen molar-refractivity contribution in [2.45, 2.75) is 20.8 Å². The molecule has 3 aromatic rings. The van der Waals surface area contributed by atoms with E-state index in [0.29, 0.717) is 10.6 Å². The molecule has 1 fully saturated rings. The first kappa shape index (κ1) is 21.4. The highest BCUT2D eigenvalue weighted by atomic mass is 35.5. The zero-order valence-corrected chi connectivity index (χ0v) is 19.0. The molecule has 1 amide bonds. The molecule has 0 spiro atoms. The van der Waals surface area contributed by atoms with E-state index in [9.17, 15) is 4.79 Å². The third-order valence-corrected chi connectivity index (χ3v) is 6.19. The van der Waals surface area contributed by atoms with E-state index in [1.54, 1.807) is 10.9 Å². The monoisotopic (exact) mass is 437 g/mol. The largest absolute Gasteiger partial charge is 0.369 e. The number of piperazine rings is 1. The van der Waals surface area contributed by atoms with Gasteiger partial charge in [-0.05, 0) is 68.4 Å². The van der Waals surface area contributed by atoms with Gasteiger partial charge in [0, 0.05) is 42.6 Å². The molecule has 1 N–H and O–H groups in total. The quantitative estimate of drug-likeness (QED) is 0.636. The predicted molar refractivity (Wildman–Crippen MR) is 127 cm³/mol. The zero-order chi connectivity index (χ0) is 22.0. The molecule has 7 heteroatoms. The number of nitrogens with one attached hydrogen (secondary N) is 1. The van der Waals surface area contributed by atoms with Gasteiger partial charge in [-0.2, -0.15) is 5.10 Å². The summed E-state index contributed by atoms with van der Waals surface area (Å²) in [5, 5.41) is 8.07. The number of hydrogen-bond donors (Lipinski definition) is 1. The summed E-state index contributed by atoms with van der Waals surface area (Å²) in [7, 11) is 0. The van der Waals surface area contributed by atoms with Crippen LogP contribution in [0.2, 0.25) is 5.02 Å². The smallest absolute Gasteiger partial charge is 0.259 e. The molecule has 162 valence electrons. The second kappa shape index (κ2) is 9.12. The van der Waals surface area contributed by atoms with Gasteiger partial charge in [0.05, 0.1) is 23.1 Å². The first-order valence-corrected chi connectivity index (χ1v) is 11.0. The average Bonchev–Trinajstić information content (AvgIpc) is 3.16. The highest BCUT2D eigenvalue weighted by molar-refractivity contribution is 6.30. The number of nitrogens with zero attached hydrogens (tertiary/aromatic N) is 4. The average molecular weight is 438 g/mol. The second-order valence-corrected chi connectivity index (χ2v) is 8.35. The number of benzene rings is 2. The van der Waals surface area contributed by atoms with Crippen molar-refractivity contribution >= 4 is 28.9 Å². The van der Waals surface area contributed by atoms with Crippen LogP contribution >= 0.6 is 11.6 Å². The van der Waals surface area contributed by atoms with Gasteiger partial charge in [0.1, 0.15) is 0 Å². The Labute approximate surface area is 188 Å². The molecule has 1 aliphatic heterocycles. The van der Waals surface area contributed by atoms with E-state index in [-0.39, 0.29) is 5.91 Å². The molecular formula is C24H28ClN5O. The van der Waals surface area contributed by atoms with Crippen molar-refractivity contribution in [3.63, 3.8) is 0 Å². The van der Waals surface area contributed by atoms with Crippen LogP contribution < -0.4 is 10.2 Å². The number of anilines is 2. The van der Waals surface area contributed by atoms with Crippen molar-refractivity contribution < 1.29 is 4.79 Å². The van der Waals surface area contributed by atoms with Crippen LogP contribution in [-0.2, 0) is 0 Å². The molecule has 1 aromatic heterocycles. The summed E-state index contributed by atoms with van der Waals surface area (Å²) in [6.07, 6.45) is 1.60. The Bertz CT molecular complexity index is 1070. The SMILES string of the molecule is CCN1CCN(c2ccc(NC(=O)c3cnn(-c4ccc(Cl)cc4)c3C)cc2C)CC1. The van der Waals surface area contributed by atoms with E-state index >= 15 is 0 Å². The number of carbonyl (C=O) groups excluding carboxylic acids is 1. The minimum atomic E-state index is -0.165. The molecule has 0 saturated carbocycles. The summed E-state index contributed by atoms with van der Waals surface area (Å²) in [6, 6.07) is 13.5. The number of halogens is 1. The Hall–Kier alpha value is -2.83. The maximum Gasteiger partial charge on any atom is 0.259 e. The number of rotatable bonds is 5. The van der Waals surface area contributed by atoms with Gasteiger partial charge in [-0.1, -0.05) is 18.5 Å². The molecule has 4 rings (SSSR count). The third kappa shape index (κ3) is 4.60. The summed E-state index contributed by atoms with van der Waals surface area (Å²) < 4.78 is 1.75. The first-order valence-electron chi connectivity index (χ1n) is 10.7. The minimum absolute atomic E-state index is 0.165. The molecule has 0 aliphatic carbocycles. The molecule has 2 aromatic carbocycles. The number of amides is 1. The summed E-state index contributed by atoms with van der Waals surface area (Å²) in [5.41, 5.74) is 5.38. The maximum atomic E-state index is 12.9. The fourth-order valence-corrected chi connectivity index (χ4v) is 4.19. The molecular weight excluding hydrogens is 410 g/mol. The molecule has 0 bridgehead atoms. The standard InChI is InChI=1S/C24H28ClN5O/c1-4-28-11-13-29(14-12-28)23-10-7-20(15-17(23)2)27-24(31)22-16-26-30(18(22)3)21-8-5-19(25)6-9-21/h5-10,15-16H,4,11-14H2,1-3H3,(H,27,31). The van der Waals surface area contributed by atoms with Crippen molar-refractivity contribution in [2.24, 2.45) is 0 Å². The maximum absolute atomic E-state index is 12.9. The van der Waals surface area contributed by atoms with Crippen LogP contribution in [0, 0.1) is 13.8 Å². The highest BCUT2D eigenvalue weighted by Gasteiger charge is 2.19. The van der Waals surface area contributed by atoms with Gasteiger partial charge in [0.2, 0.25) is 0 Å². The van der Waals surface area contributed by atoms with Crippen molar-refractivity contribution in [1.82, 2.24) is 14.7 Å². The first-order chi connectivity index (χ1) is 15.0. The van der Waals surface area contributed by atoms with Crippen LogP contribution in [0.25, 0.3) is 5.69 Å². The Morgan fingerprint density at radius 2 is 1.77 bits per heavy atom. The topological polar surface area (TPSA) is 53.4 Å². The van der Waals surface area contributed by atoms with E-state index in [0.717, 1.165) is 55.4 Å². The number of hydrogen-bond acceptors (Lipinski definition) is 4. The summed E-state index contributed by atoms with van der Waals surface area (Å²) in [4.78, 5) is 17.8. The zero-order valence-electron chi connectivity index (χ0n) is 18.2. The van der Waals surface area contributed by atoms with E-state index in [1.165, 1.54) is 5.69 Å². The number of aryl methyl sites for hydroxylation is 1. The van der Waals surface area contributed by atoms with Crippen molar-refractivity contribution in [3.05, 3.63) is 70.5 Å². The lowest BCUT2D eigenvalue weighted by Crippen LogP contribution is -2.46. The highest BCUT2D eigenvalue weighted by Crippen LogP contribution is 2.25. The van der Waals surface area contributed by atoms with Crippen LogP contribution in [-0.4, -0.2) is 53.3 Å². The molecule has 0 unspecified atom stereocenters. The molecule has 6 nitrogen and oxygen atoms in total. The number of aromatic nitrogens is 2. The van der Waals surface area contributed by atoms with Crippen LogP contribution in [0.5, 0.6) is 0 Å². The molecule has 0 radical (unpaired) electrons. The lowest BCUT2D eigenvalue weighted by Gasteiger charge is -2.36. The second-order valence-electron chi connectivity index (χ2n) is 7.91. The van der Waals surface area contributed by atoms with E-state index < -0.39 is 0 Å². The predicted octanol–water partition coefficient (Wildman–Crippen LogP) is 4.54. The Balaban J connectivity index is 1.47.